The van der Waals surface area contributed by atoms with Crippen molar-refractivity contribution < 1.29 is 4.74 Å². The van der Waals surface area contributed by atoms with Gasteiger partial charge in [0.05, 0.1) is 12.1 Å². The summed E-state index contributed by atoms with van der Waals surface area (Å²) < 4.78 is 5.20. The average Bonchev–Trinajstić information content (AvgIpc) is 3.24. The van der Waals surface area contributed by atoms with Crippen LogP contribution in [0.4, 0.5) is 11.5 Å². The molecule has 1 aromatic carbocycles. The van der Waals surface area contributed by atoms with Crippen molar-refractivity contribution in [1.82, 2.24) is 9.97 Å². The van der Waals surface area contributed by atoms with Gasteiger partial charge in [-0.1, -0.05) is 0 Å². The first-order chi connectivity index (χ1) is 9.29. The van der Waals surface area contributed by atoms with E-state index in [2.05, 4.69) is 14.9 Å². The van der Waals surface area contributed by atoms with Gasteiger partial charge >= 0.3 is 0 Å². The summed E-state index contributed by atoms with van der Waals surface area (Å²) >= 11 is 0. The summed E-state index contributed by atoms with van der Waals surface area (Å²) in [5.41, 5.74) is 7.56. The van der Waals surface area contributed by atoms with Crippen LogP contribution in [0.2, 0.25) is 0 Å². The number of rotatable bonds is 5. The number of nitrogens with zero attached hydrogens (tertiary/aromatic N) is 3. The Morgan fingerprint density at radius 1 is 1.37 bits per heavy atom. The predicted molar refractivity (Wildman–Crippen MR) is 76.2 cm³/mol. The number of ether oxygens (including phenoxy) is 1. The lowest BCUT2D eigenvalue weighted by atomic mass is 10.2. The Kier molecular flexibility index (Phi) is 3.21. The van der Waals surface area contributed by atoms with Crippen LogP contribution in [0.15, 0.2) is 24.5 Å². The zero-order valence-electron chi connectivity index (χ0n) is 11.0. The highest BCUT2D eigenvalue weighted by Gasteiger charge is 2.30. The molecule has 0 atom stereocenters. The van der Waals surface area contributed by atoms with Crippen molar-refractivity contribution in [1.29, 1.82) is 0 Å². The molecule has 5 heteroatoms. The van der Waals surface area contributed by atoms with E-state index in [0.717, 1.165) is 29.0 Å². The first-order valence-electron chi connectivity index (χ1n) is 6.55. The Morgan fingerprint density at radius 3 is 2.95 bits per heavy atom. The van der Waals surface area contributed by atoms with E-state index in [1.165, 1.54) is 12.8 Å². The second-order valence-corrected chi connectivity index (χ2v) is 4.89. The Morgan fingerprint density at radius 2 is 2.21 bits per heavy atom. The van der Waals surface area contributed by atoms with Crippen LogP contribution in [0, 0.1) is 0 Å². The van der Waals surface area contributed by atoms with Gasteiger partial charge in [0.1, 0.15) is 12.1 Å². The van der Waals surface area contributed by atoms with E-state index < -0.39 is 0 Å². The van der Waals surface area contributed by atoms with Crippen molar-refractivity contribution in [2.45, 2.75) is 18.9 Å². The molecule has 1 aromatic heterocycles. The van der Waals surface area contributed by atoms with E-state index in [-0.39, 0.29) is 0 Å². The van der Waals surface area contributed by atoms with Gasteiger partial charge in [-0.05, 0) is 31.0 Å². The van der Waals surface area contributed by atoms with Gasteiger partial charge in [-0.3, -0.25) is 0 Å². The Hall–Kier alpha value is -1.88. The lowest BCUT2D eigenvalue weighted by Crippen LogP contribution is -2.30. The first-order valence-corrected chi connectivity index (χ1v) is 6.55. The molecule has 3 rings (SSSR count). The van der Waals surface area contributed by atoms with E-state index in [4.69, 9.17) is 10.5 Å². The molecule has 1 fully saturated rings. The van der Waals surface area contributed by atoms with Crippen molar-refractivity contribution in [3.05, 3.63) is 24.5 Å². The Balaban J connectivity index is 2.03. The van der Waals surface area contributed by atoms with Crippen molar-refractivity contribution in [2.75, 3.05) is 30.9 Å². The smallest absolute Gasteiger partial charge is 0.140 e. The van der Waals surface area contributed by atoms with Gasteiger partial charge in [-0.2, -0.15) is 0 Å². The molecule has 0 radical (unpaired) electrons. The molecule has 2 N–H and O–H groups in total. The normalized spacial score (nSPS) is 14.8. The van der Waals surface area contributed by atoms with E-state index in [9.17, 15) is 0 Å². The molecule has 0 aliphatic heterocycles. The van der Waals surface area contributed by atoms with E-state index in [1.807, 2.05) is 18.2 Å². The number of anilines is 2. The second kappa shape index (κ2) is 5.01. The first kappa shape index (κ1) is 12.2. The van der Waals surface area contributed by atoms with Crippen molar-refractivity contribution >= 4 is 22.4 Å². The van der Waals surface area contributed by atoms with E-state index in [1.54, 1.807) is 13.4 Å². The molecule has 1 aliphatic rings. The van der Waals surface area contributed by atoms with E-state index in [0.29, 0.717) is 12.6 Å². The van der Waals surface area contributed by atoms with Crippen LogP contribution >= 0.6 is 0 Å². The Labute approximate surface area is 112 Å². The fourth-order valence-corrected chi connectivity index (χ4v) is 2.33. The molecule has 1 heterocycles. The van der Waals surface area contributed by atoms with Gasteiger partial charge in [0.2, 0.25) is 0 Å². The highest BCUT2D eigenvalue weighted by Crippen LogP contribution is 2.34. The molecular weight excluding hydrogens is 240 g/mol. The molecule has 2 aromatic rings. The molecular formula is C14H18N4O. The third-order valence-electron chi connectivity index (χ3n) is 3.43. The maximum absolute atomic E-state index is 5.89. The van der Waals surface area contributed by atoms with Crippen LogP contribution in [0.1, 0.15) is 12.8 Å². The molecule has 0 saturated heterocycles. The Bertz CT molecular complexity index is 583. The molecule has 1 aliphatic carbocycles. The van der Waals surface area contributed by atoms with Crippen molar-refractivity contribution in [3.8, 4) is 0 Å². The van der Waals surface area contributed by atoms with Gasteiger partial charge in [0.15, 0.2) is 0 Å². The number of nitrogen functional groups attached to an aromatic ring is 1. The van der Waals surface area contributed by atoms with Gasteiger partial charge in [-0.15, -0.1) is 0 Å². The van der Waals surface area contributed by atoms with Crippen LogP contribution < -0.4 is 10.6 Å². The SMILES string of the molecule is COCCN(c1ncnc2ccc(N)cc12)C1CC1. The largest absolute Gasteiger partial charge is 0.399 e. The van der Waals surface area contributed by atoms with Crippen LogP contribution in [0.5, 0.6) is 0 Å². The van der Waals surface area contributed by atoms with E-state index >= 15 is 0 Å². The molecule has 1 saturated carbocycles. The number of methoxy groups -OCH3 is 1. The summed E-state index contributed by atoms with van der Waals surface area (Å²) in [4.78, 5) is 11.1. The molecule has 0 amide bonds. The second-order valence-electron chi connectivity index (χ2n) is 4.89. The third kappa shape index (κ3) is 2.46. The van der Waals surface area contributed by atoms with Crippen LogP contribution in [-0.2, 0) is 4.74 Å². The summed E-state index contributed by atoms with van der Waals surface area (Å²) in [5.74, 6) is 0.969. The minimum Gasteiger partial charge on any atom is -0.399 e. The highest BCUT2D eigenvalue weighted by molar-refractivity contribution is 5.91. The van der Waals surface area contributed by atoms with Crippen LogP contribution in [0.25, 0.3) is 10.9 Å². The van der Waals surface area contributed by atoms with Gasteiger partial charge in [0, 0.05) is 30.8 Å². The molecule has 100 valence electrons. The van der Waals surface area contributed by atoms with Crippen LogP contribution in [-0.4, -0.2) is 36.3 Å². The van der Waals surface area contributed by atoms with Crippen LogP contribution in [0.3, 0.4) is 0 Å². The number of hydrogen-bond donors (Lipinski definition) is 1. The van der Waals surface area contributed by atoms with Crippen molar-refractivity contribution in [3.63, 3.8) is 0 Å². The van der Waals surface area contributed by atoms with Gasteiger partial charge in [0.25, 0.3) is 0 Å². The van der Waals surface area contributed by atoms with Gasteiger partial charge in [-0.25, -0.2) is 9.97 Å². The summed E-state index contributed by atoms with van der Waals surface area (Å²) in [6, 6.07) is 6.34. The van der Waals surface area contributed by atoms with Gasteiger partial charge < -0.3 is 15.4 Å². The molecule has 0 bridgehead atoms. The molecule has 19 heavy (non-hydrogen) atoms. The average molecular weight is 258 g/mol. The summed E-state index contributed by atoms with van der Waals surface area (Å²) in [6.07, 6.45) is 4.06. The number of nitrogens with two attached hydrogens (primary N) is 1. The van der Waals surface area contributed by atoms with Crippen molar-refractivity contribution in [2.24, 2.45) is 0 Å². The number of benzene rings is 1. The molecule has 0 unspecified atom stereocenters. The lowest BCUT2D eigenvalue weighted by molar-refractivity contribution is 0.205. The quantitative estimate of drug-likeness (QED) is 0.829. The fraction of sp³-hybridized carbons (Fsp3) is 0.429. The zero-order chi connectivity index (χ0) is 13.2. The summed E-state index contributed by atoms with van der Waals surface area (Å²) in [5, 5.41) is 1.02. The monoisotopic (exact) mass is 258 g/mol. The maximum atomic E-state index is 5.89. The fourth-order valence-electron chi connectivity index (χ4n) is 2.33. The number of aromatic nitrogens is 2. The minimum atomic E-state index is 0.578. The number of fused-ring (bicyclic) bond motifs is 1. The maximum Gasteiger partial charge on any atom is 0.140 e. The summed E-state index contributed by atoms with van der Waals surface area (Å²) in [6.45, 7) is 1.55. The standard InChI is InChI=1S/C14H18N4O/c1-19-7-6-18(11-3-4-11)14-12-8-10(15)2-5-13(12)16-9-17-14/h2,5,8-9,11H,3-4,6-7,15H2,1H3. The summed E-state index contributed by atoms with van der Waals surface area (Å²) in [7, 11) is 1.72. The lowest BCUT2D eigenvalue weighted by Gasteiger charge is -2.24. The molecule has 5 nitrogen and oxygen atoms in total. The zero-order valence-corrected chi connectivity index (χ0v) is 11.0. The molecule has 0 spiro atoms. The predicted octanol–water partition coefficient (Wildman–Crippen LogP) is 1.83. The highest BCUT2D eigenvalue weighted by atomic mass is 16.5. The third-order valence-corrected chi connectivity index (χ3v) is 3.43. The topological polar surface area (TPSA) is 64.3 Å². The number of hydrogen-bond acceptors (Lipinski definition) is 5. The minimum absolute atomic E-state index is 0.578.